The van der Waals surface area contributed by atoms with Crippen LogP contribution in [0.25, 0.3) is 0 Å². The van der Waals surface area contributed by atoms with Crippen LogP contribution in [0, 0.1) is 5.92 Å². The van der Waals surface area contributed by atoms with E-state index in [2.05, 4.69) is 4.74 Å². The van der Waals surface area contributed by atoms with Crippen molar-refractivity contribution in [3.05, 3.63) is 0 Å². The molecule has 2 N–H and O–H groups in total. The molecule has 1 atom stereocenters. The molecular weight excluding hydrogens is 212 g/mol. The lowest BCUT2D eigenvalue weighted by atomic mass is 9.91. The highest BCUT2D eigenvalue weighted by Gasteiger charge is 2.38. The fraction of sp³-hybridized carbons (Fsp3) is 0.818. The van der Waals surface area contributed by atoms with Gasteiger partial charge in [0.2, 0.25) is 0 Å². The van der Waals surface area contributed by atoms with Crippen LogP contribution in [0.2, 0.25) is 0 Å². The number of aliphatic carboxylic acids is 1. The minimum absolute atomic E-state index is 0.0651. The Morgan fingerprint density at radius 2 is 1.94 bits per heavy atom. The number of ether oxygens (including phenoxy) is 1. The second kappa shape index (κ2) is 6.48. The average Bonchev–Trinajstić information content (AvgIpc) is 2.16. The number of hydrogen-bond acceptors (Lipinski definition) is 4. The van der Waals surface area contributed by atoms with Crippen LogP contribution in [0.3, 0.4) is 0 Å². The van der Waals surface area contributed by atoms with Crippen molar-refractivity contribution < 1.29 is 24.5 Å². The van der Waals surface area contributed by atoms with E-state index in [1.807, 2.05) is 13.8 Å². The van der Waals surface area contributed by atoms with Gasteiger partial charge < -0.3 is 14.9 Å². The van der Waals surface area contributed by atoms with Crippen LogP contribution >= 0.6 is 0 Å². The standard InChI is InChI=1S/C11H20O5/c1-8(2)5-4-6-11(15,10(13)14)7-9(12)16-3/h8,15H,4-7H2,1-3H3,(H,13,14)/t11-/m1/s1. The number of carboxylic acid groups (broad SMARTS) is 1. The number of carbonyl (C=O) groups excluding carboxylic acids is 1. The predicted octanol–water partition coefficient (Wildman–Crippen LogP) is 1.19. The second-order valence-corrected chi connectivity index (χ2v) is 4.38. The van der Waals surface area contributed by atoms with Crippen LogP contribution in [0.15, 0.2) is 0 Å². The van der Waals surface area contributed by atoms with Crippen molar-refractivity contribution in [1.29, 1.82) is 0 Å². The number of methoxy groups -OCH3 is 1. The van der Waals surface area contributed by atoms with Gasteiger partial charge in [0.1, 0.15) is 0 Å². The third kappa shape index (κ3) is 5.11. The van der Waals surface area contributed by atoms with Crippen molar-refractivity contribution in [3.63, 3.8) is 0 Å². The third-order valence-corrected chi connectivity index (χ3v) is 2.43. The maximum Gasteiger partial charge on any atom is 0.336 e. The number of carbonyl (C=O) groups is 2. The van der Waals surface area contributed by atoms with Gasteiger partial charge in [-0.1, -0.05) is 20.3 Å². The van der Waals surface area contributed by atoms with Crippen LogP contribution in [0.5, 0.6) is 0 Å². The molecule has 0 aromatic heterocycles. The van der Waals surface area contributed by atoms with Gasteiger partial charge in [-0.2, -0.15) is 0 Å². The topological polar surface area (TPSA) is 83.8 Å². The van der Waals surface area contributed by atoms with Gasteiger partial charge in [0.05, 0.1) is 13.5 Å². The highest BCUT2D eigenvalue weighted by molar-refractivity contribution is 5.84. The summed E-state index contributed by atoms with van der Waals surface area (Å²) >= 11 is 0. The van der Waals surface area contributed by atoms with Crippen LogP contribution in [-0.2, 0) is 14.3 Å². The molecule has 5 heteroatoms. The Kier molecular flexibility index (Phi) is 6.03. The molecule has 5 nitrogen and oxygen atoms in total. The minimum atomic E-state index is -2.00. The summed E-state index contributed by atoms with van der Waals surface area (Å²) in [7, 11) is 1.17. The first kappa shape index (κ1) is 14.9. The van der Waals surface area contributed by atoms with Crippen molar-refractivity contribution in [2.75, 3.05) is 7.11 Å². The summed E-state index contributed by atoms with van der Waals surface area (Å²) < 4.78 is 4.36. The summed E-state index contributed by atoms with van der Waals surface area (Å²) in [6, 6.07) is 0. The average molecular weight is 232 g/mol. The predicted molar refractivity (Wildman–Crippen MR) is 57.9 cm³/mol. The Labute approximate surface area is 95.4 Å². The van der Waals surface area contributed by atoms with E-state index in [0.29, 0.717) is 12.3 Å². The van der Waals surface area contributed by atoms with Crippen molar-refractivity contribution in [2.24, 2.45) is 5.92 Å². The van der Waals surface area contributed by atoms with Gasteiger partial charge in [0.25, 0.3) is 0 Å². The highest BCUT2D eigenvalue weighted by Crippen LogP contribution is 2.21. The van der Waals surface area contributed by atoms with Gasteiger partial charge in [0, 0.05) is 0 Å². The van der Waals surface area contributed by atoms with Gasteiger partial charge >= 0.3 is 11.9 Å². The van der Waals surface area contributed by atoms with Crippen molar-refractivity contribution >= 4 is 11.9 Å². The first-order chi connectivity index (χ1) is 7.31. The molecule has 0 unspecified atom stereocenters. The molecule has 0 amide bonds. The molecule has 0 heterocycles. The second-order valence-electron chi connectivity index (χ2n) is 4.38. The number of rotatable bonds is 7. The SMILES string of the molecule is COC(=O)C[C@](O)(CCCC(C)C)C(=O)O. The van der Waals surface area contributed by atoms with E-state index in [4.69, 9.17) is 5.11 Å². The van der Waals surface area contributed by atoms with Crippen LogP contribution in [-0.4, -0.2) is 34.9 Å². The lowest BCUT2D eigenvalue weighted by Crippen LogP contribution is -2.41. The fourth-order valence-corrected chi connectivity index (χ4v) is 1.38. The Bertz CT molecular complexity index is 249. The molecule has 0 fully saturated rings. The van der Waals surface area contributed by atoms with Crippen LogP contribution < -0.4 is 0 Å². The van der Waals surface area contributed by atoms with E-state index < -0.39 is 24.0 Å². The van der Waals surface area contributed by atoms with Gasteiger partial charge in [-0.05, 0) is 18.8 Å². The molecule has 0 saturated carbocycles. The molecule has 0 saturated heterocycles. The zero-order valence-electron chi connectivity index (χ0n) is 10.0. The molecular formula is C11H20O5. The maximum absolute atomic E-state index is 11.0. The summed E-state index contributed by atoms with van der Waals surface area (Å²) in [5.41, 5.74) is -2.00. The summed E-state index contributed by atoms with van der Waals surface area (Å²) in [6.07, 6.45) is 0.945. The van der Waals surface area contributed by atoms with Gasteiger partial charge in [-0.25, -0.2) is 4.79 Å². The lowest BCUT2D eigenvalue weighted by Gasteiger charge is -2.22. The Morgan fingerprint density at radius 3 is 2.31 bits per heavy atom. The molecule has 0 aromatic carbocycles. The molecule has 0 spiro atoms. The zero-order chi connectivity index (χ0) is 12.8. The van der Waals surface area contributed by atoms with Crippen molar-refractivity contribution in [2.45, 2.75) is 45.1 Å². The van der Waals surface area contributed by atoms with Crippen LogP contribution in [0.1, 0.15) is 39.5 Å². The highest BCUT2D eigenvalue weighted by atomic mass is 16.5. The molecule has 0 aromatic rings. The van der Waals surface area contributed by atoms with Crippen LogP contribution in [0.4, 0.5) is 0 Å². The minimum Gasteiger partial charge on any atom is -0.479 e. The molecule has 94 valence electrons. The summed E-state index contributed by atoms with van der Waals surface area (Å²) in [5.74, 6) is -1.65. The first-order valence-electron chi connectivity index (χ1n) is 5.34. The molecule has 16 heavy (non-hydrogen) atoms. The molecule has 0 aliphatic heterocycles. The summed E-state index contributed by atoms with van der Waals surface area (Å²) in [6.45, 7) is 4.03. The van der Waals surface area contributed by atoms with E-state index in [0.717, 1.165) is 6.42 Å². The number of hydrogen-bond donors (Lipinski definition) is 2. The normalized spacial score (nSPS) is 14.6. The summed E-state index contributed by atoms with van der Waals surface area (Å²) in [5, 5.41) is 18.7. The maximum atomic E-state index is 11.0. The van der Waals surface area contributed by atoms with Gasteiger partial charge in [0.15, 0.2) is 5.60 Å². The Balaban J connectivity index is 4.34. The molecule has 0 aliphatic carbocycles. The van der Waals surface area contributed by atoms with E-state index in [9.17, 15) is 14.7 Å². The monoisotopic (exact) mass is 232 g/mol. The fourth-order valence-electron chi connectivity index (χ4n) is 1.38. The third-order valence-electron chi connectivity index (χ3n) is 2.43. The smallest absolute Gasteiger partial charge is 0.336 e. The van der Waals surface area contributed by atoms with Crippen molar-refractivity contribution in [3.8, 4) is 0 Å². The molecule has 0 bridgehead atoms. The van der Waals surface area contributed by atoms with Gasteiger partial charge in [-0.3, -0.25) is 4.79 Å². The number of carboxylic acids is 1. The zero-order valence-corrected chi connectivity index (χ0v) is 10.0. The number of aliphatic hydroxyl groups is 1. The van der Waals surface area contributed by atoms with Gasteiger partial charge in [-0.15, -0.1) is 0 Å². The largest absolute Gasteiger partial charge is 0.479 e. The lowest BCUT2D eigenvalue weighted by molar-refractivity contribution is -0.167. The van der Waals surface area contributed by atoms with E-state index in [-0.39, 0.29) is 6.42 Å². The summed E-state index contributed by atoms with van der Waals surface area (Å²) in [4.78, 5) is 21.9. The van der Waals surface area contributed by atoms with E-state index in [1.54, 1.807) is 0 Å². The number of esters is 1. The molecule has 0 rings (SSSR count). The molecule has 0 radical (unpaired) electrons. The van der Waals surface area contributed by atoms with Crippen molar-refractivity contribution in [1.82, 2.24) is 0 Å². The first-order valence-corrected chi connectivity index (χ1v) is 5.34. The molecule has 0 aliphatic rings. The van der Waals surface area contributed by atoms with E-state index >= 15 is 0 Å². The van der Waals surface area contributed by atoms with E-state index in [1.165, 1.54) is 7.11 Å². The Morgan fingerprint density at radius 1 is 1.38 bits per heavy atom. The quantitative estimate of drug-likeness (QED) is 0.644. The Hall–Kier alpha value is -1.10.